The molecule has 2 aromatic carbocycles. The monoisotopic (exact) mass is 440 g/mol. The van der Waals surface area contributed by atoms with Gasteiger partial charge >= 0.3 is 0 Å². The van der Waals surface area contributed by atoms with Crippen molar-refractivity contribution in [2.75, 3.05) is 26.2 Å². The van der Waals surface area contributed by atoms with Gasteiger partial charge in [-0.05, 0) is 61.5 Å². The maximum absolute atomic E-state index is 12.4. The number of sulfone groups is 1. The van der Waals surface area contributed by atoms with Crippen LogP contribution in [0.1, 0.15) is 40.7 Å². The normalized spacial score (nSPS) is 15.5. The molecule has 1 saturated heterocycles. The van der Waals surface area contributed by atoms with Crippen LogP contribution in [0.25, 0.3) is 0 Å². The largest absolute Gasteiger partial charge is 0.352 e. The van der Waals surface area contributed by atoms with E-state index < -0.39 is 9.84 Å². The first kappa shape index (κ1) is 23.2. The number of likely N-dealkylation sites (tertiary alicyclic amines) is 1. The first-order chi connectivity index (χ1) is 14.9. The Morgan fingerprint density at radius 3 is 2.23 bits per heavy atom. The summed E-state index contributed by atoms with van der Waals surface area (Å²) in [5.41, 5.74) is 2.04. The highest BCUT2D eigenvalue weighted by atomic mass is 32.2. The molecule has 1 heterocycles. The Kier molecular flexibility index (Phi) is 8.43. The number of nitrogens with one attached hydrogen (secondary N) is 1. The lowest BCUT2D eigenvalue weighted by Gasteiger charge is -2.31. The van der Waals surface area contributed by atoms with Crippen molar-refractivity contribution in [3.63, 3.8) is 0 Å². The third-order valence-electron chi connectivity index (χ3n) is 5.76. The summed E-state index contributed by atoms with van der Waals surface area (Å²) in [7, 11) is -3.26. The summed E-state index contributed by atoms with van der Waals surface area (Å²) in [6.45, 7) is 7.60. The van der Waals surface area contributed by atoms with Crippen LogP contribution >= 0.6 is 0 Å². The van der Waals surface area contributed by atoms with Crippen molar-refractivity contribution in [3.05, 3.63) is 83.9 Å². The molecule has 0 aromatic heterocycles. The molecule has 0 radical (unpaired) electrons. The standard InChI is InChI=1S/C25H32N2O3S/c1-2-16-27-17-13-21(14-18-27)12-15-26-25(28)24-10-8-23(9-11-24)20-31(29,30)19-22-6-4-3-5-7-22/h2-11,21H,1,12-20H2,(H,26,28). The minimum atomic E-state index is -3.26. The Balaban J connectivity index is 1.43. The molecule has 0 atom stereocenters. The van der Waals surface area contributed by atoms with Gasteiger partial charge in [-0.25, -0.2) is 8.42 Å². The summed E-state index contributed by atoms with van der Waals surface area (Å²) in [6, 6.07) is 16.0. The maximum Gasteiger partial charge on any atom is 0.251 e. The smallest absolute Gasteiger partial charge is 0.251 e. The lowest BCUT2D eigenvalue weighted by Crippen LogP contribution is -2.35. The summed E-state index contributed by atoms with van der Waals surface area (Å²) >= 11 is 0. The maximum atomic E-state index is 12.4. The van der Waals surface area contributed by atoms with E-state index in [1.807, 2.05) is 36.4 Å². The van der Waals surface area contributed by atoms with Gasteiger partial charge in [0.2, 0.25) is 0 Å². The van der Waals surface area contributed by atoms with Crippen LogP contribution in [-0.4, -0.2) is 45.4 Å². The number of carbonyl (C=O) groups is 1. The van der Waals surface area contributed by atoms with Crippen LogP contribution in [0.4, 0.5) is 0 Å². The van der Waals surface area contributed by atoms with E-state index in [-0.39, 0.29) is 17.4 Å². The predicted molar refractivity (Wildman–Crippen MR) is 126 cm³/mol. The number of hydrogen-bond donors (Lipinski definition) is 1. The van der Waals surface area contributed by atoms with Crippen molar-refractivity contribution in [1.82, 2.24) is 10.2 Å². The van der Waals surface area contributed by atoms with E-state index in [9.17, 15) is 13.2 Å². The molecule has 1 aliphatic rings. The van der Waals surface area contributed by atoms with E-state index >= 15 is 0 Å². The van der Waals surface area contributed by atoms with Crippen LogP contribution in [0.15, 0.2) is 67.3 Å². The molecule has 1 aliphatic heterocycles. The fourth-order valence-electron chi connectivity index (χ4n) is 4.02. The Hall–Kier alpha value is -2.44. The molecule has 5 nitrogen and oxygen atoms in total. The number of nitrogens with zero attached hydrogens (tertiary/aromatic N) is 1. The molecule has 0 aliphatic carbocycles. The predicted octanol–water partition coefficient (Wildman–Crippen LogP) is 3.82. The molecular weight excluding hydrogens is 408 g/mol. The third-order valence-corrected chi connectivity index (χ3v) is 7.31. The van der Waals surface area contributed by atoms with Crippen molar-refractivity contribution in [3.8, 4) is 0 Å². The van der Waals surface area contributed by atoms with Gasteiger partial charge in [0.1, 0.15) is 0 Å². The number of rotatable bonds is 10. The highest BCUT2D eigenvalue weighted by Gasteiger charge is 2.18. The Bertz CT molecular complexity index is 948. The van der Waals surface area contributed by atoms with Gasteiger partial charge in [-0.2, -0.15) is 0 Å². The van der Waals surface area contributed by atoms with Crippen LogP contribution in [0.3, 0.4) is 0 Å². The van der Waals surface area contributed by atoms with Gasteiger partial charge in [-0.15, -0.1) is 6.58 Å². The minimum Gasteiger partial charge on any atom is -0.352 e. The van der Waals surface area contributed by atoms with Crippen molar-refractivity contribution in [1.29, 1.82) is 0 Å². The van der Waals surface area contributed by atoms with E-state index in [0.29, 0.717) is 23.6 Å². The SMILES string of the molecule is C=CCN1CCC(CCNC(=O)c2ccc(CS(=O)(=O)Cc3ccccc3)cc2)CC1. The molecule has 0 unspecified atom stereocenters. The second-order valence-electron chi connectivity index (χ2n) is 8.29. The van der Waals surface area contributed by atoms with Gasteiger partial charge in [0.15, 0.2) is 9.84 Å². The molecule has 0 bridgehead atoms. The van der Waals surface area contributed by atoms with E-state index in [1.165, 1.54) is 0 Å². The van der Waals surface area contributed by atoms with Crippen LogP contribution < -0.4 is 5.32 Å². The van der Waals surface area contributed by atoms with Crippen molar-refractivity contribution >= 4 is 15.7 Å². The molecular formula is C25H32N2O3S. The first-order valence-electron chi connectivity index (χ1n) is 10.9. The highest BCUT2D eigenvalue weighted by Crippen LogP contribution is 2.20. The van der Waals surface area contributed by atoms with Crippen LogP contribution in [-0.2, 0) is 21.3 Å². The van der Waals surface area contributed by atoms with Gasteiger partial charge in [0.25, 0.3) is 5.91 Å². The molecule has 0 saturated carbocycles. The third kappa shape index (κ3) is 7.64. The summed E-state index contributed by atoms with van der Waals surface area (Å²) < 4.78 is 24.9. The molecule has 2 aromatic rings. The fraction of sp³-hybridized carbons (Fsp3) is 0.400. The summed E-state index contributed by atoms with van der Waals surface area (Å²) in [6.07, 6.45) is 5.26. The zero-order valence-electron chi connectivity index (χ0n) is 18.0. The summed E-state index contributed by atoms with van der Waals surface area (Å²) in [4.78, 5) is 14.8. The Morgan fingerprint density at radius 2 is 1.61 bits per heavy atom. The quantitative estimate of drug-likeness (QED) is 0.571. The van der Waals surface area contributed by atoms with Gasteiger partial charge in [-0.3, -0.25) is 9.69 Å². The number of amides is 1. The number of piperidine rings is 1. The molecule has 1 amide bonds. The molecule has 1 N–H and O–H groups in total. The van der Waals surface area contributed by atoms with E-state index in [4.69, 9.17) is 0 Å². The van der Waals surface area contributed by atoms with Crippen LogP contribution in [0.2, 0.25) is 0 Å². The topological polar surface area (TPSA) is 66.5 Å². The van der Waals surface area contributed by atoms with E-state index in [1.54, 1.807) is 24.3 Å². The van der Waals surface area contributed by atoms with Crippen LogP contribution in [0.5, 0.6) is 0 Å². The zero-order valence-corrected chi connectivity index (χ0v) is 18.8. The van der Waals surface area contributed by atoms with Gasteiger partial charge < -0.3 is 5.32 Å². The van der Waals surface area contributed by atoms with Crippen molar-refractivity contribution in [2.45, 2.75) is 30.8 Å². The highest BCUT2D eigenvalue weighted by molar-refractivity contribution is 7.89. The number of hydrogen-bond acceptors (Lipinski definition) is 4. The van der Waals surface area contributed by atoms with E-state index in [0.717, 1.165) is 44.5 Å². The average Bonchev–Trinajstić information content (AvgIpc) is 2.75. The Morgan fingerprint density at radius 1 is 1.00 bits per heavy atom. The van der Waals surface area contributed by atoms with Crippen molar-refractivity contribution < 1.29 is 13.2 Å². The zero-order chi connectivity index (χ0) is 22.1. The molecule has 6 heteroatoms. The molecule has 31 heavy (non-hydrogen) atoms. The lowest BCUT2D eigenvalue weighted by atomic mass is 9.93. The second kappa shape index (κ2) is 11.3. The van der Waals surface area contributed by atoms with E-state index in [2.05, 4.69) is 16.8 Å². The number of carbonyl (C=O) groups excluding carboxylic acids is 1. The molecule has 166 valence electrons. The van der Waals surface area contributed by atoms with Gasteiger partial charge in [0, 0.05) is 18.7 Å². The molecule has 3 rings (SSSR count). The summed E-state index contributed by atoms with van der Waals surface area (Å²) in [5, 5.41) is 3.00. The lowest BCUT2D eigenvalue weighted by molar-refractivity contribution is 0.0948. The average molecular weight is 441 g/mol. The van der Waals surface area contributed by atoms with Crippen LogP contribution in [0, 0.1) is 5.92 Å². The Labute approximate surface area is 186 Å². The van der Waals surface area contributed by atoms with Gasteiger partial charge in [-0.1, -0.05) is 48.5 Å². The molecule has 0 spiro atoms. The van der Waals surface area contributed by atoms with Gasteiger partial charge in [0.05, 0.1) is 11.5 Å². The van der Waals surface area contributed by atoms with Crippen molar-refractivity contribution in [2.24, 2.45) is 5.92 Å². The minimum absolute atomic E-state index is 0.0165. The first-order valence-corrected chi connectivity index (χ1v) is 12.7. The molecule has 1 fully saturated rings. The summed E-state index contributed by atoms with van der Waals surface area (Å²) in [5.74, 6) is 0.526. The fourth-order valence-corrected chi connectivity index (χ4v) is 5.52. The second-order valence-corrected chi connectivity index (χ2v) is 10.4. The number of benzene rings is 2.